The van der Waals surface area contributed by atoms with E-state index in [-0.39, 0.29) is 18.3 Å². The van der Waals surface area contributed by atoms with Crippen LogP contribution in [0.1, 0.15) is 18.1 Å². The molecule has 2 aromatic carbocycles. The van der Waals surface area contributed by atoms with Gasteiger partial charge in [-0.1, -0.05) is 28.1 Å². The molecule has 0 heterocycles. The summed E-state index contributed by atoms with van der Waals surface area (Å²) in [5, 5.41) is 2.72. The van der Waals surface area contributed by atoms with Gasteiger partial charge in [-0.25, -0.2) is 4.39 Å². The number of halogens is 2. The molecule has 0 aliphatic heterocycles. The standard InChI is InChI=1S/C16H15BrFNO2/c1-10-3-6-15(19-11(2)20)16(7-10)21-9-12-4-5-13(18)8-14(12)17/h3-8H,9H2,1-2H3,(H,19,20). The normalized spacial score (nSPS) is 10.3. The number of ether oxygens (including phenoxy) is 1. The van der Waals surface area contributed by atoms with Crippen molar-refractivity contribution < 1.29 is 13.9 Å². The lowest BCUT2D eigenvalue weighted by Crippen LogP contribution is -2.08. The van der Waals surface area contributed by atoms with Crippen LogP contribution in [0.4, 0.5) is 10.1 Å². The summed E-state index contributed by atoms with van der Waals surface area (Å²) in [5.41, 5.74) is 2.47. The summed E-state index contributed by atoms with van der Waals surface area (Å²) in [6, 6.07) is 9.98. The number of nitrogens with one attached hydrogen (secondary N) is 1. The average molecular weight is 352 g/mol. The maximum Gasteiger partial charge on any atom is 0.221 e. The Morgan fingerprint density at radius 2 is 2.05 bits per heavy atom. The second kappa shape index (κ2) is 6.72. The van der Waals surface area contributed by atoms with Gasteiger partial charge in [0.05, 0.1) is 5.69 Å². The van der Waals surface area contributed by atoms with Crippen LogP contribution in [-0.2, 0) is 11.4 Å². The van der Waals surface area contributed by atoms with Crippen LogP contribution in [0.5, 0.6) is 5.75 Å². The predicted octanol–water partition coefficient (Wildman–Crippen LogP) is 4.43. The van der Waals surface area contributed by atoms with E-state index < -0.39 is 0 Å². The fourth-order valence-corrected chi connectivity index (χ4v) is 2.30. The van der Waals surface area contributed by atoms with Gasteiger partial charge in [0.1, 0.15) is 18.2 Å². The Morgan fingerprint density at radius 3 is 2.71 bits per heavy atom. The van der Waals surface area contributed by atoms with E-state index in [0.29, 0.717) is 15.9 Å². The van der Waals surface area contributed by atoms with Crippen LogP contribution in [0.15, 0.2) is 40.9 Å². The Balaban J connectivity index is 2.18. The Hall–Kier alpha value is -1.88. The van der Waals surface area contributed by atoms with Crippen molar-refractivity contribution in [2.75, 3.05) is 5.32 Å². The van der Waals surface area contributed by atoms with Gasteiger partial charge in [-0.2, -0.15) is 0 Å². The molecule has 0 aliphatic rings. The second-order valence-electron chi connectivity index (χ2n) is 4.71. The predicted molar refractivity (Wildman–Crippen MR) is 83.9 cm³/mol. The van der Waals surface area contributed by atoms with Crippen LogP contribution in [0, 0.1) is 12.7 Å². The summed E-state index contributed by atoms with van der Waals surface area (Å²) in [5.74, 6) is 0.119. The first-order valence-corrected chi connectivity index (χ1v) is 7.20. The van der Waals surface area contributed by atoms with E-state index >= 15 is 0 Å². The minimum absolute atomic E-state index is 0.160. The Kier molecular flexibility index (Phi) is 4.96. The molecule has 0 bridgehead atoms. The van der Waals surface area contributed by atoms with Crippen LogP contribution in [0.3, 0.4) is 0 Å². The van der Waals surface area contributed by atoms with E-state index in [9.17, 15) is 9.18 Å². The van der Waals surface area contributed by atoms with Crippen molar-refractivity contribution in [2.45, 2.75) is 20.5 Å². The molecule has 2 aromatic rings. The van der Waals surface area contributed by atoms with E-state index in [1.807, 2.05) is 19.1 Å². The number of carbonyl (C=O) groups excluding carboxylic acids is 1. The zero-order chi connectivity index (χ0) is 15.4. The monoisotopic (exact) mass is 351 g/mol. The highest BCUT2D eigenvalue weighted by Crippen LogP contribution is 2.28. The number of carbonyl (C=O) groups is 1. The van der Waals surface area contributed by atoms with E-state index in [1.54, 1.807) is 12.1 Å². The summed E-state index contributed by atoms with van der Waals surface area (Å²) in [6.45, 7) is 3.66. The fraction of sp³-hybridized carbons (Fsp3) is 0.188. The summed E-state index contributed by atoms with van der Waals surface area (Å²) in [6.07, 6.45) is 0. The molecule has 3 nitrogen and oxygen atoms in total. The maximum atomic E-state index is 13.1. The number of rotatable bonds is 4. The molecule has 5 heteroatoms. The van der Waals surface area contributed by atoms with Crippen LogP contribution in [0.25, 0.3) is 0 Å². The third-order valence-electron chi connectivity index (χ3n) is 2.85. The van der Waals surface area contributed by atoms with E-state index in [4.69, 9.17) is 4.74 Å². The highest BCUT2D eigenvalue weighted by atomic mass is 79.9. The molecule has 2 rings (SSSR count). The van der Waals surface area contributed by atoms with E-state index in [1.165, 1.54) is 19.1 Å². The van der Waals surface area contributed by atoms with Gasteiger partial charge in [-0.3, -0.25) is 4.79 Å². The number of aryl methyl sites for hydroxylation is 1. The van der Waals surface area contributed by atoms with Crippen LogP contribution >= 0.6 is 15.9 Å². The Labute approximate surface area is 131 Å². The zero-order valence-electron chi connectivity index (χ0n) is 11.7. The number of hydrogen-bond acceptors (Lipinski definition) is 2. The van der Waals surface area contributed by atoms with Crippen molar-refractivity contribution in [1.82, 2.24) is 0 Å². The third kappa shape index (κ3) is 4.29. The van der Waals surface area contributed by atoms with Crippen molar-refractivity contribution in [3.05, 3.63) is 57.8 Å². The molecule has 0 radical (unpaired) electrons. The highest BCUT2D eigenvalue weighted by Gasteiger charge is 2.08. The molecule has 110 valence electrons. The first-order chi connectivity index (χ1) is 9.95. The lowest BCUT2D eigenvalue weighted by atomic mass is 10.2. The molecule has 0 spiro atoms. The summed E-state index contributed by atoms with van der Waals surface area (Å²) >= 11 is 3.30. The topological polar surface area (TPSA) is 38.3 Å². The van der Waals surface area contributed by atoms with Gasteiger partial charge < -0.3 is 10.1 Å². The first kappa shape index (κ1) is 15.5. The highest BCUT2D eigenvalue weighted by molar-refractivity contribution is 9.10. The molecule has 21 heavy (non-hydrogen) atoms. The molecule has 0 aromatic heterocycles. The van der Waals surface area contributed by atoms with Crippen LogP contribution < -0.4 is 10.1 Å². The molecule has 1 N–H and O–H groups in total. The van der Waals surface area contributed by atoms with Gasteiger partial charge in [0.25, 0.3) is 0 Å². The van der Waals surface area contributed by atoms with Gasteiger partial charge >= 0.3 is 0 Å². The van der Waals surface area contributed by atoms with E-state index in [0.717, 1.165) is 11.1 Å². The Morgan fingerprint density at radius 1 is 1.29 bits per heavy atom. The minimum atomic E-state index is -0.305. The lowest BCUT2D eigenvalue weighted by Gasteiger charge is -2.13. The third-order valence-corrected chi connectivity index (χ3v) is 3.58. The zero-order valence-corrected chi connectivity index (χ0v) is 13.3. The SMILES string of the molecule is CC(=O)Nc1ccc(C)cc1OCc1ccc(F)cc1Br. The molecular formula is C16H15BrFNO2. The summed E-state index contributed by atoms with van der Waals surface area (Å²) < 4.78 is 19.5. The van der Waals surface area contributed by atoms with Crippen molar-refractivity contribution in [2.24, 2.45) is 0 Å². The van der Waals surface area contributed by atoms with Crippen molar-refractivity contribution in [3.8, 4) is 5.75 Å². The quantitative estimate of drug-likeness (QED) is 0.884. The van der Waals surface area contributed by atoms with Crippen molar-refractivity contribution >= 4 is 27.5 Å². The summed E-state index contributed by atoms with van der Waals surface area (Å²) in [4.78, 5) is 11.2. The van der Waals surface area contributed by atoms with Gasteiger partial charge in [0.15, 0.2) is 0 Å². The molecule has 0 aliphatic carbocycles. The van der Waals surface area contributed by atoms with E-state index in [2.05, 4.69) is 21.2 Å². The molecule has 0 atom stereocenters. The molecule has 0 unspecified atom stereocenters. The largest absolute Gasteiger partial charge is 0.487 e. The van der Waals surface area contributed by atoms with Crippen molar-refractivity contribution in [1.29, 1.82) is 0 Å². The smallest absolute Gasteiger partial charge is 0.221 e. The van der Waals surface area contributed by atoms with Crippen molar-refractivity contribution in [3.63, 3.8) is 0 Å². The molecular weight excluding hydrogens is 337 g/mol. The summed E-state index contributed by atoms with van der Waals surface area (Å²) in [7, 11) is 0. The minimum Gasteiger partial charge on any atom is -0.487 e. The number of hydrogen-bond donors (Lipinski definition) is 1. The van der Waals surface area contributed by atoms with Gasteiger partial charge in [-0.15, -0.1) is 0 Å². The van der Waals surface area contributed by atoms with Gasteiger partial charge in [-0.05, 0) is 36.8 Å². The van der Waals surface area contributed by atoms with Crippen LogP contribution in [-0.4, -0.2) is 5.91 Å². The first-order valence-electron chi connectivity index (χ1n) is 6.40. The molecule has 1 amide bonds. The maximum absolute atomic E-state index is 13.1. The van der Waals surface area contributed by atoms with Gasteiger partial charge in [0.2, 0.25) is 5.91 Å². The molecule has 0 saturated carbocycles. The van der Waals surface area contributed by atoms with Crippen LogP contribution in [0.2, 0.25) is 0 Å². The number of benzene rings is 2. The Bertz CT molecular complexity index is 673. The number of amides is 1. The molecule has 0 saturated heterocycles. The fourth-order valence-electron chi connectivity index (χ4n) is 1.84. The number of anilines is 1. The average Bonchev–Trinajstić information content (AvgIpc) is 2.40. The lowest BCUT2D eigenvalue weighted by molar-refractivity contribution is -0.114. The molecule has 0 fully saturated rings. The second-order valence-corrected chi connectivity index (χ2v) is 5.56. The van der Waals surface area contributed by atoms with Gasteiger partial charge in [0, 0.05) is 17.0 Å².